The Kier molecular flexibility index (Phi) is 23.4. The SMILES string of the molecule is c1ccc(-c2ccc3ccc4ccc(-c5ccc6nc(-c7ccccn7)c7cccc(-c8ccccc8)c7c6c5)nc4c3n2)cc1.c1ccc(-c2cccc3c(-c4ccccn4)nc4ccc(-c5ccc(-c6cc(-c7ccccn7)nc(-c7ccccn7)c6)cc5)cc4c23)cc1.c1ccc(-c2nc(-c3ccccc3)nc(-c3ccc(-c4ccc5nc(-c6cccnc6)c6cccc(-c7ccccc7)c6c5c4)cc3)n2)cc1. The van der Waals surface area contributed by atoms with E-state index in [1.165, 1.54) is 33.0 Å². The van der Waals surface area contributed by atoms with Crippen molar-refractivity contribution >= 4 is 86.8 Å². The molecule has 0 bridgehead atoms. The van der Waals surface area contributed by atoms with Gasteiger partial charge in [0, 0.05) is 130 Å². The quantitative estimate of drug-likeness (QED) is 0.0834. The summed E-state index contributed by atoms with van der Waals surface area (Å²) >= 11 is 0. The van der Waals surface area contributed by atoms with Gasteiger partial charge in [0.05, 0.1) is 90.2 Å². The first kappa shape index (κ1) is 87.5. The van der Waals surface area contributed by atoms with Crippen molar-refractivity contribution in [3.8, 4) is 180 Å². The zero-order valence-electron chi connectivity index (χ0n) is 78.8. The summed E-state index contributed by atoms with van der Waals surface area (Å²) in [6, 6.07) is 163. The van der Waals surface area contributed by atoms with E-state index in [9.17, 15) is 0 Å². The van der Waals surface area contributed by atoms with E-state index in [0.29, 0.717) is 17.5 Å². The summed E-state index contributed by atoms with van der Waals surface area (Å²) in [4.78, 5) is 68.4. The Morgan fingerprint density at radius 2 is 0.459 bits per heavy atom. The molecular weight excluding hydrogens is 1780 g/mol. The van der Waals surface area contributed by atoms with E-state index in [-0.39, 0.29) is 0 Å². The second-order valence-electron chi connectivity index (χ2n) is 35.7. The Hall–Kier alpha value is -20.0. The van der Waals surface area contributed by atoms with Crippen LogP contribution in [0.1, 0.15) is 0 Å². The molecule has 27 rings (SSSR count). The van der Waals surface area contributed by atoms with Crippen molar-refractivity contribution in [3.63, 3.8) is 0 Å². The predicted octanol–water partition coefficient (Wildman–Crippen LogP) is 32.5. The monoisotopic (exact) mass is 1860 g/mol. The fourth-order valence-corrected chi connectivity index (χ4v) is 19.7. The highest BCUT2D eigenvalue weighted by molar-refractivity contribution is 6.21. The molecule has 27 aromatic rings. The minimum absolute atomic E-state index is 0.633. The van der Waals surface area contributed by atoms with Crippen LogP contribution in [0.3, 0.4) is 0 Å². The molecule has 146 heavy (non-hydrogen) atoms. The Morgan fingerprint density at radius 1 is 0.144 bits per heavy atom. The first-order valence-corrected chi connectivity index (χ1v) is 48.6. The Labute approximate surface area is 841 Å². The molecule has 0 atom stereocenters. The summed E-state index contributed by atoms with van der Waals surface area (Å²) in [5.74, 6) is 1.92. The highest BCUT2D eigenvalue weighted by Crippen LogP contribution is 2.46. The number of pyridine rings is 11. The first-order chi connectivity index (χ1) is 72.4. The lowest BCUT2D eigenvalue weighted by Crippen LogP contribution is -2.00. The van der Waals surface area contributed by atoms with E-state index in [1.54, 1.807) is 18.6 Å². The number of nitrogens with zero attached hydrogens (tertiary/aromatic N) is 14. The summed E-state index contributed by atoms with van der Waals surface area (Å²) in [7, 11) is 0. The van der Waals surface area contributed by atoms with Crippen molar-refractivity contribution in [2.45, 2.75) is 0 Å². The smallest absolute Gasteiger partial charge is 0.164 e. The normalized spacial score (nSPS) is 11.3. The fraction of sp³-hybridized carbons (Fsp3) is 0. The van der Waals surface area contributed by atoms with E-state index in [2.05, 4.69) is 340 Å². The van der Waals surface area contributed by atoms with Gasteiger partial charge in [-0.25, -0.2) is 44.9 Å². The molecule has 682 valence electrons. The topological polar surface area (TPSA) is 180 Å². The summed E-state index contributed by atoms with van der Waals surface area (Å²) < 4.78 is 0. The second kappa shape index (κ2) is 39.0. The molecule has 14 nitrogen and oxygen atoms in total. The van der Waals surface area contributed by atoms with Crippen molar-refractivity contribution in [1.29, 1.82) is 0 Å². The van der Waals surface area contributed by atoms with Gasteiger partial charge in [-0.2, -0.15) is 0 Å². The molecule has 14 heteroatoms. The van der Waals surface area contributed by atoms with Crippen molar-refractivity contribution in [1.82, 2.24) is 69.8 Å². The maximum Gasteiger partial charge on any atom is 0.164 e. The van der Waals surface area contributed by atoms with Gasteiger partial charge in [0.15, 0.2) is 17.5 Å². The highest BCUT2D eigenvalue weighted by atomic mass is 15.0. The molecule has 0 unspecified atom stereocenters. The van der Waals surface area contributed by atoms with Gasteiger partial charge >= 0.3 is 0 Å². The molecular formula is C132H84N14. The third-order valence-electron chi connectivity index (χ3n) is 26.7. The molecule has 0 radical (unpaired) electrons. The number of aromatic nitrogens is 14. The van der Waals surface area contributed by atoms with Gasteiger partial charge in [-0.3, -0.25) is 24.9 Å². The van der Waals surface area contributed by atoms with Crippen LogP contribution in [0, 0.1) is 0 Å². The average Bonchev–Trinajstić information content (AvgIpc) is 0.744. The minimum Gasteiger partial charge on any atom is -0.264 e. The van der Waals surface area contributed by atoms with E-state index >= 15 is 0 Å². The summed E-state index contributed by atoms with van der Waals surface area (Å²) in [6.45, 7) is 0. The predicted molar refractivity (Wildman–Crippen MR) is 595 cm³/mol. The molecule has 0 N–H and O–H groups in total. The van der Waals surface area contributed by atoms with Crippen LogP contribution < -0.4 is 0 Å². The van der Waals surface area contributed by atoms with E-state index in [0.717, 1.165) is 217 Å². The zero-order valence-corrected chi connectivity index (χ0v) is 78.8. The van der Waals surface area contributed by atoms with Crippen LogP contribution in [0.5, 0.6) is 0 Å². The average molecular weight is 1870 g/mol. The molecule has 0 amide bonds. The summed E-state index contributed by atoms with van der Waals surface area (Å²) in [5.41, 5.74) is 33.6. The number of benzene rings is 15. The first-order valence-electron chi connectivity index (χ1n) is 48.6. The van der Waals surface area contributed by atoms with E-state index < -0.39 is 0 Å². The van der Waals surface area contributed by atoms with Gasteiger partial charge in [0.2, 0.25) is 0 Å². The molecule has 0 spiro atoms. The van der Waals surface area contributed by atoms with Crippen molar-refractivity contribution in [2.24, 2.45) is 0 Å². The van der Waals surface area contributed by atoms with Crippen LogP contribution in [0.15, 0.2) is 510 Å². The second-order valence-corrected chi connectivity index (χ2v) is 35.7. The van der Waals surface area contributed by atoms with Gasteiger partial charge in [0.1, 0.15) is 0 Å². The van der Waals surface area contributed by atoms with Crippen molar-refractivity contribution in [3.05, 3.63) is 510 Å². The van der Waals surface area contributed by atoms with Crippen LogP contribution in [-0.4, -0.2) is 69.8 Å². The van der Waals surface area contributed by atoms with Crippen molar-refractivity contribution in [2.75, 3.05) is 0 Å². The van der Waals surface area contributed by atoms with Crippen LogP contribution in [0.2, 0.25) is 0 Å². The maximum atomic E-state index is 5.25. The Bertz CT molecular complexity index is 9050. The minimum atomic E-state index is 0.633. The molecule has 0 fully saturated rings. The number of hydrogen-bond acceptors (Lipinski definition) is 14. The van der Waals surface area contributed by atoms with Gasteiger partial charge in [0.25, 0.3) is 0 Å². The number of rotatable bonds is 16. The molecule has 12 heterocycles. The lowest BCUT2D eigenvalue weighted by molar-refractivity contribution is 1.07. The molecule has 15 aromatic carbocycles. The number of fused-ring (bicyclic) bond motifs is 12. The van der Waals surface area contributed by atoms with Crippen LogP contribution in [0.25, 0.3) is 267 Å². The van der Waals surface area contributed by atoms with Gasteiger partial charge in [-0.15, -0.1) is 0 Å². The molecule has 0 aliphatic rings. The van der Waals surface area contributed by atoms with Gasteiger partial charge in [-0.1, -0.05) is 352 Å². The standard InChI is InChI=1S/2C45H29N5.C42H26N4/c1-4-12-31(13-5-1)37-19-10-20-38-41(37)39-28-35(25-26-40(39)47-42(38)36-18-11-27-46-29-36)30-21-23-34(24-22-30)45-49-43(32-14-6-2-7-15-32)48-44(50-45)33-16-8-3-9-17-33;1-2-11-32(12-3-1)35-13-10-14-36-44(35)37-27-33(22-23-38(37)50-45(36)41-17-6-9-26-48-41)30-18-20-31(21-19-30)34-28-42(39-15-4-7-24-46-39)49-43(29-34)40-16-5-8-25-47-40;1-3-10-27(11-4-1)32-14-9-15-33-39(32)34-26-31(21-24-37(34)46-42(33)38-16-7-8-25-43-38)36-23-20-30-18-17-29-19-22-35(28-12-5-2-6-13-28)44-40(29)41(30)45-36/h2*1-29H;1-26H. The van der Waals surface area contributed by atoms with Gasteiger partial charge in [-0.05, 0) is 188 Å². The Morgan fingerprint density at radius 3 is 0.849 bits per heavy atom. The largest absolute Gasteiger partial charge is 0.264 e. The maximum absolute atomic E-state index is 5.25. The molecule has 0 aliphatic heterocycles. The third-order valence-corrected chi connectivity index (χ3v) is 26.7. The Balaban J connectivity index is 0.000000114. The molecule has 0 saturated carbocycles. The highest BCUT2D eigenvalue weighted by Gasteiger charge is 2.24. The zero-order chi connectivity index (χ0) is 97.0. The fourth-order valence-electron chi connectivity index (χ4n) is 19.7. The lowest BCUT2D eigenvalue weighted by Gasteiger charge is -2.15. The van der Waals surface area contributed by atoms with Gasteiger partial charge < -0.3 is 0 Å². The molecule has 12 aromatic heterocycles. The number of hydrogen-bond donors (Lipinski definition) is 0. The molecule has 0 aliphatic carbocycles. The van der Waals surface area contributed by atoms with E-state index in [1.807, 2.05) is 176 Å². The van der Waals surface area contributed by atoms with Crippen molar-refractivity contribution < 1.29 is 0 Å². The summed E-state index contributed by atoms with van der Waals surface area (Å²) in [5, 5.41) is 12.2. The summed E-state index contributed by atoms with van der Waals surface area (Å²) in [6.07, 6.45) is 10.9. The van der Waals surface area contributed by atoms with Crippen LogP contribution in [-0.2, 0) is 0 Å². The van der Waals surface area contributed by atoms with Crippen LogP contribution >= 0.6 is 0 Å². The lowest BCUT2D eigenvalue weighted by atomic mass is 9.92. The van der Waals surface area contributed by atoms with E-state index in [4.69, 9.17) is 44.9 Å². The molecule has 0 saturated heterocycles. The van der Waals surface area contributed by atoms with Crippen LogP contribution in [0.4, 0.5) is 0 Å². The third kappa shape index (κ3) is 17.5.